The van der Waals surface area contributed by atoms with Crippen molar-refractivity contribution in [2.45, 2.75) is 4.90 Å². The average Bonchev–Trinajstić information content (AvgIpc) is 2.15. The van der Waals surface area contributed by atoms with Crippen molar-refractivity contribution in [3.05, 3.63) is 29.3 Å². The van der Waals surface area contributed by atoms with E-state index in [4.69, 9.17) is 14.9 Å². The second-order valence-corrected chi connectivity index (χ2v) is 3.96. The Hall–Kier alpha value is -1.91. The van der Waals surface area contributed by atoms with Crippen LogP contribution in [-0.4, -0.2) is 24.0 Å². The van der Waals surface area contributed by atoms with Crippen LogP contribution in [0.4, 0.5) is 0 Å². The lowest BCUT2D eigenvalue weighted by atomic mass is 10.1. The van der Waals surface area contributed by atoms with Gasteiger partial charge in [0.2, 0.25) is 0 Å². The van der Waals surface area contributed by atoms with Gasteiger partial charge in [0, 0.05) is 0 Å². The molecular formula is C8H5NO5S. The summed E-state index contributed by atoms with van der Waals surface area (Å²) < 4.78 is 30.3. The molecule has 0 atom stereocenters. The topological polar surface area (TPSA) is 115 Å². The van der Waals surface area contributed by atoms with E-state index in [1.165, 1.54) is 6.07 Å². The highest BCUT2D eigenvalue weighted by Crippen LogP contribution is 2.18. The maximum absolute atomic E-state index is 10.8. The summed E-state index contributed by atoms with van der Waals surface area (Å²) in [6, 6.07) is 4.60. The minimum atomic E-state index is -4.59. The fourth-order valence-corrected chi connectivity index (χ4v) is 1.70. The van der Waals surface area contributed by atoms with Gasteiger partial charge in [0.25, 0.3) is 10.1 Å². The van der Waals surface area contributed by atoms with Crippen molar-refractivity contribution in [3.8, 4) is 6.07 Å². The molecule has 6 nitrogen and oxygen atoms in total. The fourth-order valence-electron chi connectivity index (χ4n) is 1.04. The van der Waals surface area contributed by atoms with E-state index in [9.17, 15) is 13.2 Å². The largest absolute Gasteiger partial charge is 0.478 e. The van der Waals surface area contributed by atoms with Crippen LogP contribution in [0.1, 0.15) is 15.9 Å². The second kappa shape index (κ2) is 3.68. The minimum absolute atomic E-state index is 0.465. The summed E-state index contributed by atoms with van der Waals surface area (Å²) in [5.74, 6) is -1.43. The molecule has 15 heavy (non-hydrogen) atoms. The summed E-state index contributed by atoms with van der Waals surface area (Å²) in [5.41, 5.74) is -1.04. The first-order valence-electron chi connectivity index (χ1n) is 3.62. The highest BCUT2D eigenvalue weighted by molar-refractivity contribution is 7.85. The maximum atomic E-state index is 10.8. The first kappa shape index (κ1) is 11.2. The third-order valence-corrected chi connectivity index (χ3v) is 2.54. The number of nitriles is 1. The third-order valence-electron chi connectivity index (χ3n) is 1.65. The molecule has 0 radical (unpaired) electrons. The van der Waals surface area contributed by atoms with E-state index in [-0.39, 0.29) is 0 Å². The molecule has 0 bridgehead atoms. The quantitative estimate of drug-likeness (QED) is 0.711. The Kier molecular flexibility index (Phi) is 2.74. The molecule has 0 fully saturated rings. The van der Waals surface area contributed by atoms with E-state index in [0.29, 0.717) is 0 Å². The second-order valence-electron chi connectivity index (χ2n) is 2.57. The van der Waals surface area contributed by atoms with Gasteiger partial charge < -0.3 is 5.11 Å². The van der Waals surface area contributed by atoms with E-state index in [0.717, 1.165) is 18.2 Å². The Morgan fingerprint density at radius 1 is 1.40 bits per heavy atom. The standard InChI is InChI=1S/C8H5NO5S/c9-4-6-5(8(10)11)2-1-3-7(6)15(12,13)14/h1-3H,(H,10,11)(H,12,13,14). The van der Waals surface area contributed by atoms with Gasteiger partial charge in [-0.15, -0.1) is 0 Å². The molecule has 7 heteroatoms. The van der Waals surface area contributed by atoms with Gasteiger partial charge in [0.15, 0.2) is 0 Å². The molecule has 0 saturated carbocycles. The Morgan fingerprint density at radius 2 is 2.00 bits per heavy atom. The van der Waals surface area contributed by atoms with Crippen LogP contribution in [0.25, 0.3) is 0 Å². The Morgan fingerprint density at radius 3 is 2.40 bits per heavy atom. The number of hydrogen-bond acceptors (Lipinski definition) is 4. The summed E-state index contributed by atoms with van der Waals surface area (Å²) in [4.78, 5) is 9.93. The van der Waals surface area contributed by atoms with Crippen molar-refractivity contribution < 1.29 is 22.9 Å². The van der Waals surface area contributed by atoms with Crippen LogP contribution in [0.3, 0.4) is 0 Å². The molecule has 0 aliphatic carbocycles. The van der Waals surface area contributed by atoms with Crippen molar-refractivity contribution in [2.24, 2.45) is 0 Å². The number of benzene rings is 1. The maximum Gasteiger partial charge on any atom is 0.337 e. The number of carboxylic acids is 1. The average molecular weight is 227 g/mol. The van der Waals surface area contributed by atoms with E-state index >= 15 is 0 Å². The molecule has 0 unspecified atom stereocenters. The van der Waals surface area contributed by atoms with E-state index < -0.39 is 32.1 Å². The van der Waals surface area contributed by atoms with Gasteiger partial charge in [-0.05, 0) is 12.1 Å². The zero-order valence-electron chi connectivity index (χ0n) is 7.21. The molecule has 0 saturated heterocycles. The van der Waals surface area contributed by atoms with Crippen molar-refractivity contribution >= 4 is 16.1 Å². The van der Waals surface area contributed by atoms with Crippen molar-refractivity contribution in [2.75, 3.05) is 0 Å². The van der Waals surface area contributed by atoms with Gasteiger partial charge in [-0.3, -0.25) is 4.55 Å². The summed E-state index contributed by atoms with van der Waals surface area (Å²) in [7, 11) is -4.59. The zero-order valence-corrected chi connectivity index (χ0v) is 8.02. The zero-order chi connectivity index (χ0) is 11.6. The molecule has 0 spiro atoms. The fraction of sp³-hybridized carbons (Fsp3) is 0. The summed E-state index contributed by atoms with van der Waals surface area (Å²) >= 11 is 0. The lowest BCUT2D eigenvalue weighted by Crippen LogP contribution is -2.07. The molecule has 1 aromatic rings. The Labute approximate surface area is 85.1 Å². The van der Waals surface area contributed by atoms with Gasteiger partial charge in [-0.2, -0.15) is 13.7 Å². The smallest absolute Gasteiger partial charge is 0.337 e. The summed E-state index contributed by atoms with van der Waals surface area (Å²) in [5, 5.41) is 17.3. The van der Waals surface area contributed by atoms with Crippen LogP contribution in [-0.2, 0) is 10.1 Å². The molecule has 1 aromatic carbocycles. The van der Waals surface area contributed by atoms with Crippen LogP contribution in [0.2, 0.25) is 0 Å². The molecule has 1 rings (SSSR count). The van der Waals surface area contributed by atoms with E-state index in [1.807, 2.05) is 0 Å². The van der Waals surface area contributed by atoms with Crippen LogP contribution in [0.5, 0.6) is 0 Å². The van der Waals surface area contributed by atoms with E-state index in [1.54, 1.807) is 0 Å². The Bertz CT molecular complexity index is 555. The highest BCUT2D eigenvalue weighted by Gasteiger charge is 2.20. The van der Waals surface area contributed by atoms with Crippen molar-refractivity contribution in [1.82, 2.24) is 0 Å². The summed E-state index contributed by atoms with van der Waals surface area (Å²) in [6.07, 6.45) is 0. The molecule has 78 valence electrons. The van der Waals surface area contributed by atoms with Gasteiger partial charge >= 0.3 is 5.97 Å². The number of aromatic carboxylic acids is 1. The minimum Gasteiger partial charge on any atom is -0.478 e. The van der Waals surface area contributed by atoms with Crippen molar-refractivity contribution in [3.63, 3.8) is 0 Å². The molecule has 0 amide bonds. The van der Waals surface area contributed by atoms with Crippen LogP contribution in [0, 0.1) is 11.3 Å². The molecule has 0 aliphatic rings. The first-order chi connectivity index (χ1) is 6.88. The molecular weight excluding hydrogens is 222 g/mol. The monoisotopic (exact) mass is 227 g/mol. The highest BCUT2D eigenvalue weighted by atomic mass is 32.2. The number of nitrogens with zero attached hydrogens (tertiary/aromatic N) is 1. The van der Waals surface area contributed by atoms with Gasteiger partial charge in [0.05, 0.1) is 11.1 Å². The third kappa shape index (κ3) is 2.12. The predicted molar refractivity (Wildman–Crippen MR) is 47.9 cm³/mol. The number of rotatable bonds is 2. The molecule has 0 aromatic heterocycles. The number of hydrogen-bond donors (Lipinski definition) is 2. The first-order valence-corrected chi connectivity index (χ1v) is 5.06. The van der Waals surface area contributed by atoms with Gasteiger partial charge in [-0.25, -0.2) is 4.79 Å². The van der Waals surface area contributed by atoms with E-state index in [2.05, 4.69) is 0 Å². The van der Waals surface area contributed by atoms with Crippen LogP contribution in [0.15, 0.2) is 23.1 Å². The lowest BCUT2D eigenvalue weighted by Gasteiger charge is -2.02. The summed E-state index contributed by atoms with van der Waals surface area (Å²) in [6.45, 7) is 0. The van der Waals surface area contributed by atoms with Crippen molar-refractivity contribution in [1.29, 1.82) is 5.26 Å². The molecule has 2 N–H and O–H groups in total. The van der Waals surface area contributed by atoms with Crippen LogP contribution < -0.4 is 0 Å². The lowest BCUT2D eigenvalue weighted by molar-refractivity contribution is 0.0696. The normalized spacial score (nSPS) is 10.7. The number of carbonyl (C=O) groups is 1. The number of carboxylic acid groups (broad SMARTS) is 1. The molecule has 0 heterocycles. The predicted octanol–water partition coefficient (Wildman–Crippen LogP) is 0.503. The SMILES string of the molecule is N#Cc1c(C(=O)O)cccc1S(=O)(=O)O. The van der Waals surface area contributed by atoms with Gasteiger partial charge in [-0.1, -0.05) is 6.07 Å². The van der Waals surface area contributed by atoms with Gasteiger partial charge in [0.1, 0.15) is 11.0 Å². The van der Waals surface area contributed by atoms with Crippen LogP contribution >= 0.6 is 0 Å². The molecule has 0 aliphatic heterocycles. The Balaban J connectivity index is 3.66.